The van der Waals surface area contributed by atoms with Crippen LogP contribution in [-0.2, 0) is 4.79 Å². The third kappa shape index (κ3) is 1.93. The quantitative estimate of drug-likeness (QED) is 0.559. The van der Waals surface area contributed by atoms with Crippen LogP contribution in [0.2, 0.25) is 0 Å². The van der Waals surface area contributed by atoms with Gasteiger partial charge in [0.1, 0.15) is 0 Å². The maximum Gasteiger partial charge on any atom is 0.230 e. The van der Waals surface area contributed by atoms with Crippen molar-refractivity contribution in [2.24, 2.45) is 5.92 Å². The molecule has 11 heavy (non-hydrogen) atoms. The monoisotopic (exact) mass is 151 g/mol. The summed E-state index contributed by atoms with van der Waals surface area (Å²) in [5.74, 6) is 0.0688. The summed E-state index contributed by atoms with van der Waals surface area (Å²) in [5, 5.41) is 2.79. The average molecular weight is 151 g/mol. The van der Waals surface area contributed by atoms with Gasteiger partial charge in [-0.2, -0.15) is 0 Å². The number of rotatable bonds is 0. The largest absolute Gasteiger partial charge is 0.330 e. The van der Waals surface area contributed by atoms with E-state index in [2.05, 4.69) is 5.32 Å². The Hall–Kier alpha value is -1.05. The third-order valence-corrected chi connectivity index (χ3v) is 1.69. The van der Waals surface area contributed by atoms with Crippen LogP contribution in [0.5, 0.6) is 0 Å². The number of carbonyl (C=O) groups is 1. The molecule has 0 fully saturated rings. The standard InChI is InChI=1S/C9H13NO/c1-6-4-7(2)9(11)10-8(3)5-6/h4-5,7H,1-3H3,(H,10,11). The van der Waals surface area contributed by atoms with Crippen LogP contribution in [0.15, 0.2) is 23.4 Å². The third-order valence-electron chi connectivity index (χ3n) is 1.69. The Labute approximate surface area is 67.0 Å². The van der Waals surface area contributed by atoms with Crippen molar-refractivity contribution in [3.05, 3.63) is 23.4 Å². The van der Waals surface area contributed by atoms with Crippen molar-refractivity contribution in [3.63, 3.8) is 0 Å². The molecular formula is C9H13NO. The van der Waals surface area contributed by atoms with E-state index in [0.29, 0.717) is 0 Å². The first-order chi connectivity index (χ1) is 5.09. The Kier molecular flexibility index (Phi) is 2.13. The lowest BCUT2D eigenvalue weighted by atomic mass is 10.1. The zero-order chi connectivity index (χ0) is 8.43. The van der Waals surface area contributed by atoms with Gasteiger partial charge in [0.15, 0.2) is 0 Å². The number of allylic oxidation sites excluding steroid dienone is 3. The molecule has 0 spiro atoms. The molecule has 2 nitrogen and oxygen atoms in total. The van der Waals surface area contributed by atoms with Gasteiger partial charge in [-0.25, -0.2) is 0 Å². The second-order valence-corrected chi connectivity index (χ2v) is 3.02. The Bertz CT molecular complexity index is 238. The number of amides is 1. The Morgan fingerprint density at radius 1 is 1.45 bits per heavy atom. The van der Waals surface area contributed by atoms with Crippen LogP contribution < -0.4 is 5.32 Å². The van der Waals surface area contributed by atoms with Crippen molar-refractivity contribution in [2.45, 2.75) is 20.8 Å². The molecule has 1 aliphatic heterocycles. The first kappa shape index (κ1) is 8.05. The molecule has 0 radical (unpaired) electrons. The van der Waals surface area contributed by atoms with Crippen LogP contribution in [0.3, 0.4) is 0 Å². The van der Waals surface area contributed by atoms with Crippen molar-refractivity contribution in [1.29, 1.82) is 0 Å². The summed E-state index contributed by atoms with van der Waals surface area (Å²) in [5.41, 5.74) is 2.07. The second-order valence-electron chi connectivity index (χ2n) is 3.02. The Morgan fingerprint density at radius 3 is 2.73 bits per heavy atom. The normalized spacial score (nSPS) is 25.0. The van der Waals surface area contributed by atoms with E-state index in [1.54, 1.807) is 0 Å². The van der Waals surface area contributed by atoms with Gasteiger partial charge in [-0.05, 0) is 19.9 Å². The molecule has 1 amide bonds. The number of hydrogen-bond acceptors (Lipinski definition) is 1. The van der Waals surface area contributed by atoms with E-state index in [4.69, 9.17) is 0 Å². The molecule has 60 valence electrons. The molecule has 1 rings (SSSR count). The highest BCUT2D eigenvalue weighted by molar-refractivity contribution is 5.82. The van der Waals surface area contributed by atoms with Gasteiger partial charge in [0.25, 0.3) is 0 Å². The highest BCUT2D eigenvalue weighted by Crippen LogP contribution is 2.10. The van der Waals surface area contributed by atoms with Gasteiger partial charge in [-0.15, -0.1) is 0 Å². The lowest BCUT2D eigenvalue weighted by Gasteiger charge is -2.04. The number of hydrogen-bond donors (Lipinski definition) is 1. The van der Waals surface area contributed by atoms with Gasteiger partial charge in [-0.1, -0.05) is 18.6 Å². The van der Waals surface area contributed by atoms with Crippen LogP contribution >= 0.6 is 0 Å². The van der Waals surface area contributed by atoms with Crippen molar-refractivity contribution < 1.29 is 4.79 Å². The van der Waals surface area contributed by atoms with Gasteiger partial charge in [-0.3, -0.25) is 4.79 Å². The molecule has 1 atom stereocenters. The Balaban J connectivity index is 2.90. The van der Waals surface area contributed by atoms with Crippen LogP contribution in [0.4, 0.5) is 0 Å². The smallest absolute Gasteiger partial charge is 0.230 e. The van der Waals surface area contributed by atoms with Crippen molar-refractivity contribution in [1.82, 2.24) is 5.32 Å². The van der Waals surface area contributed by atoms with Crippen LogP contribution in [0, 0.1) is 5.92 Å². The van der Waals surface area contributed by atoms with Crippen molar-refractivity contribution >= 4 is 5.91 Å². The molecule has 1 N–H and O–H groups in total. The summed E-state index contributed by atoms with van der Waals surface area (Å²) in [7, 11) is 0. The summed E-state index contributed by atoms with van der Waals surface area (Å²) in [6.07, 6.45) is 3.94. The maximum absolute atomic E-state index is 11.2. The van der Waals surface area contributed by atoms with E-state index in [1.807, 2.05) is 32.9 Å². The minimum atomic E-state index is -0.0105. The predicted molar refractivity (Wildman–Crippen MR) is 44.8 cm³/mol. The van der Waals surface area contributed by atoms with Gasteiger partial charge in [0.05, 0.1) is 5.92 Å². The summed E-state index contributed by atoms with van der Waals surface area (Å²) >= 11 is 0. The molecule has 0 bridgehead atoms. The summed E-state index contributed by atoms with van der Waals surface area (Å²) < 4.78 is 0. The van der Waals surface area contributed by atoms with Crippen LogP contribution in [0.25, 0.3) is 0 Å². The summed E-state index contributed by atoms with van der Waals surface area (Å²) in [4.78, 5) is 11.2. The molecule has 0 aromatic heterocycles. The fourth-order valence-electron chi connectivity index (χ4n) is 1.20. The molecule has 1 aliphatic rings. The van der Waals surface area contributed by atoms with Crippen LogP contribution in [-0.4, -0.2) is 5.91 Å². The van der Waals surface area contributed by atoms with Gasteiger partial charge >= 0.3 is 0 Å². The summed E-state index contributed by atoms with van der Waals surface area (Å²) in [6, 6.07) is 0. The molecule has 1 unspecified atom stereocenters. The van der Waals surface area contributed by atoms with Crippen LogP contribution in [0.1, 0.15) is 20.8 Å². The lowest BCUT2D eigenvalue weighted by molar-refractivity contribution is -0.122. The highest BCUT2D eigenvalue weighted by atomic mass is 16.1. The minimum absolute atomic E-state index is 0.0105. The highest BCUT2D eigenvalue weighted by Gasteiger charge is 2.12. The first-order valence-corrected chi connectivity index (χ1v) is 3.77. The second kappa shape index (κ2) is 2.91. The molecule has 0 aliphatic carbocycles. The summed E-state index contributed by atoms with van der Waals surface area (Å²) in [6.45, 7) is 5.79. The van der Waals surface area contributed by atoms with E-state index >= 15 is 0 Å². The number of carbonyl (C=O) groups excluding carboxylic acids is 1. The van der Waals surface area contributed by atoms with E-state index in [1.165, 1.54) is 0 Å². The number of nitrogens with one attached hydrogen (secondary N) is 1. The van der Waals surface area contributed by atoms with Gasteiger partial charge in [0, 0.05) is 5.70 Å². The van der Waals surface area contributed by atoms with E-state index in [-0.39, 0.29) is 11.8 Å². The fraction of sp³-hybridized carbons (Fsp3) is 0.444. The predicted octanol–water partition coefficient (Wildman–Crippen LogP) is 1.60. The topological polar surface area (TPSA) is 29.1 Å². The lowest BCUT2D eigenvalue weighted by Crippen LogP contribution is -2.25. The Morgan fingerprint density at radius 2 is 2.09 bits per heavy atom. The zero-order valence-corrected chi connectivity index (χ0v) is 7.14. The van der Waals surface area contributed by atoms with Gasteiger partial charge in [0.2, 0.25) is 5.91 Å². The van der Waals surface area contributed by atoms with Crippen molar-refractivity contribution in [3.8, 4) is 0 Å². The zero-order valence-electron chi connectivity index (χ0n) is 7.14. The molecule has 0 saturated carbocycles. The van der Waals surface area contributed by atoms with E-state index in [0.717, 1.165) is 11.3 Å². The molecular weight excluding hydrogens is 138 g/mol. The molecule has 0 aromatic carbocycles. The van der Waals surface area contributed by atoms with E-state index in [9.17, 15) is 4.79 Å². The first-order valence-electron chi connectivity index (χ1n) is 3.77. The van der Waals surface area contributed by atoms with Crippen molar-refractivity contribution in [2.75, 3.05) is 0 Å². The minimum Gasteiger partial charge on any atom is -0.330 e. The molecule has 2 heteroatoms. The molecule has 1 heterocycles. The SMILES string of the molecule is CC1=CC(C)C(=O)NC(C)=C1. The van der Waals surface area contributed by atoms with Gasteiger partial charge < -0.3 is 5.32 Å². The fourth-order valence-corrected chi connectivity index (χ4v) is 1.20. The molecule has 0 aromatic rings. The average Bonchev–Trinajstić information content (AvgIpc) is 1.93. The maximum atomic E-state index is 11.2. The molecule has 0 saturated heterocycles. The van der Waals surface area contributed by atoms with E-state index < -0.39 is 0 Å².